The van der Waals surface area contributed by atoms with Gasteiger partial charge in [0.1, 0.15) is 24.4 Å². The highest BCUT2D eigenvalue weighted by Gasteiger charge is 2.12. The number of H-pyrrole nitrogens is 2. The molecule has 0 saturated heterocycles. The molecule has 0 aliphatic heterocycles. The molecule has 472 valence electrons. The van der Waals surface area contributed by atoms with E-state index in [0.717, 1.165) is 113 Å². The van der Waals surface area contributed by atoms with Gasteiger partial charge in [-0.15, -0.1) is 0 Å². The summed E-state index contributed by atoms with van der Waals surface area (Å²) in [7, 11) is 0. The van der Waals surface area contributed by atoms with Gasteiger partial charge in [0.2, 0.25) is 29.8 Å². The number of nitrogens with two attached hydrogens (primary N) is 5. The molecule has 0 bridgehead atoms. The largest absolute Gasteiger partial charge is 0.466 e. The molecule has 0 atom stereocenters. The fourth-order valence-electron chi connectivity index (χ4n) is 8.77. The molecule has 0 radical (unpaired) electrons. The van der Waals surface area contributed by atoms with Crippen molar-refractivity contribution < 1.29 is 28.7 Å². The molecule has 23 heteroatoms. The predicted molar refractivity (Wildman–Crippen MR) is 347 cm³/mol. The Hall–Kier alpha value is -9.02. The Labute approximate surface area is 511 Å². The van der Waals surface area contributed by atoms with Crippen LogP contribution in [-0.4, -0.2) is 80.5 Å². The summed E-state index contributed by atoms with van der Waals surface area (Å²) in [6.07, 6.45) is 24.2. The highest BCUT2D eigenvalue weighted by Crippen LogP contribution is 2.17. The number of para-hydroxylation sites is 3. The Bertz CT molecular complexity index is 2840. The highest BCUT2D eigenvalue weighted by atomic mass is 16.5. The second-order valence-electron chi connectivity index (χ2n) is 20.6. The van der Waals surface area contributed by atoms with E-state index in [9.17, 15) is 28.8 Å². The number of rotatable bonds is 37. The monoisotopic (exact) mass is 1200 g/mol. The third kappa shape index (κ3) is 37.8. The first-order chi connectivity index (χ1) is 42.1. The normalized spacial score (nSPS) is 11.3. The van der Waals surface area contributed by atoms with Crippen molar-refractivity contribution in [3.63, 3.8) is 0 Å². The number of carbonyl (C=O) groups is 4. The number of aromatic nitrogens is 4. The van der Waals surface area contributed by atoms with Crippen LogP contribution in [0.3, 0.4) is 0 Å². The van der Waals surface area contributed by atoms with Gasteiger partial charge in [-0.05, 0) is 88.8 Å². The number of aliphatic imine (C=N–C) groups is 4. The number of benzene rings is 3. The minimum absolute atomic E-state index is 0.0285. The van der Waals surface area contributed by atoms with E-state index < -0.39 is 11.9 Å². The minimum Gasteiger partial charge on any atom is -0.466 e. The second-order valence-corrected chi connectivity index (χ2v) is 20.6. The topological polar surface area (TPSA) is 382 Å². The SMILES string of the molecule is CCOC(=O)CC(=O)CCCCCCCCCCCCC(=O)CC(=O)OCC.NC(=Nc1nc(CCCCCCCCCCCCc2cc(=O)[nH]c(N=C(N)Nc3ccccc3)n2)cc(=O)[nH]1)Nc1ccccc1.NC(N)=NC(N)=Nc1ccccc1. The molecule has 2 heterocycles. The van der Waals surface area contributed by atoms with Crippen LogP contribution in [0.2, 0.25) is 0 Å². The number of nitrogens with one attached hydrogen (secondary N) is 4. The van der Waals surface area contributed by atoms with Gasteiger partial charge in [-0.25, -0.2) is 15.0 Å². The Morgan fingerprint density at radius 3 is 1.14 bits per heavy atom. The molecule has 0 saturated carbocycles. The molecule has 0 amide bonds. The number of ether oxygens (including phenoxy) is 2. The lowest BCUT2D eigenvalue weighted by Crippen LogP contribution is -2.26. The number of aromatic amines is 2. The van der Waals surface area contributed by atoms with Crippen LogP contribution in [0.25, 0.3) is 0 Å². The van der Waals surface area contributed by atoms with Crippen molar-refractivity contribution in [1.82, 2.24) is 19.9 Å². The quantitative estimate of drug-likeness (QED) is 0.00586. The molecule has 0 unspecified atom stereocenters. The van der Waals surface area contributed by atoms with Crippen LogP contribution in [0.4, 0.5) is 29.0 Å². The van der Waals surface area contributed by atoms with Crippen LogP contribution in [0.15, 0.2) is 133 Å². The molecule has 3 aromatic carbocycles. The Morgan fingerprint density at radius 1 is 0.460 bits per heavy atom. The Kier molecular flexibility index (Phi) is 37.7. The standard InChI is InChI=1S/C34H44N10O2.C22H38O6.C8H11N5/c35-31(37-25-17-13-9-14-18-25)43-33-39-27(23-29(45)41-33)21-11-7-5-3-1-2-4-6-8-12-22-28-24-30(46)42-34(40-28)44-32(36)38-26-19-15-10-16-20-26;1-3-27-21(25)17-19(23)15-13-11-9-7-5-6-8-10-12-14-16-20(24)18-22(26)28-4-2;9-7(10)13-8(11)12-6-4-2-1-3-5-6/h9-10,13-20,23-24H,1-8,11-12,21-22H2,(H4,35,37,39,41,43,45)(H4,36,38,40,42,44,46);3-18H2,1-2H3;1-5H,(H6,9,10,11,12,13). The van der Waals surface area contributed by atoms with Crippen LogP contribution < -0.4 is 50.4 Å². The van der Waals surface area contributed by atoms with E-state index in [4.69, 9.17) is 38.1 Å². The van der Waals surface area contributed by atoms with Gasteiger partial charge in [0, 0.05) is 47.7 Å². The maximum absolute atomic E-state index is 12.1. The second kappa shape index (κ2) is 45.4. The minimum atomic E-state index is -0.420. The van der Waals surface area contributed by atoms with Crippen molar-refractivity contribution in [1.29, 1.82) is 0 Å². The van der Waals surface area contributed by atoms with E-state index >= 15 is 0 Å². The number of Topliss-reactive ketones (excluding diaryl/α,β-unsaturated/α-hetero) is 2. The smallest absolute Gasteiger partial charge is 0.313 e. The lowest BCUT2D eigenvalue weighted by molar-refractivity contribution is -0.147. The van der Waals surface area contributed by atoms with Crippen molar-refractivity contribution in [3.8, 4) is 0 Å². The molecule has 0 fully saturated rings. The fourth-order valence-corrected chi connectivity index (χ4v) is 8.77. The number of hydrogen-bond donors (Lipinski definition) is 9. The van der Waals surface area contributed by atoms with Gasteiger partial charge in [-0.1, -0.05) is 157 Å². The van der Waals surface area contributed by atoms with Gasteiger partial charge >= 0.3 is 11.9 Å². The van der Waals surface area contributed by atoms with Crippen LogP contribution in [0, 0.1) is 0 Å². The molecule has 0 aliphatic carbocycles. The Morgan fingerprint density at radius 2 is 0.793 bits per heavy atom. The molecule has 0 aliphatic rings. The number of aryl methyl sites for hydroxylation is 2. The number of carbonyl (C=O) groups excluding carboxylic acids is 4. The predicted octanol–water partition coefficient (Wildman–Crippen LogP) is 10.3. The average Bonchev–Trinajstić information content (AvgIpc) is 3.65. The maximum Gasteiger partial charge on any atom is 0.313 e. The maximum atomic E-state index is 12.1. The number of hydrogen-bond acceptors (Lipinski definition) is 13. The van der Waals surface area contributed by atoms with Gasteiger partial charge in [0.25, 0.3) is 11.1 Å². The van der Waals surface area contributed by atoms with Crippen LogP contribution in [0.5, 0.6) is 0 Å². The fraction of sp³-hybridized carbons (Fsp3) is 0.469. The van der Waals surface area contributed by atoms with Crippen LogP contribution >= 0.6 is 0 Å². The van der Waals surface area contributed by atoms with E-state index in [1.807, 2.05) is 78.9 Å². The molecule has 14 N–H and O–H groups in total. The average molecular weight is 1200 g/mol. The zero-order valence-electron chi connectivity index (χ0n) is 50.9. The van der Waals surface area contributed by atoms with E-state index in [2.05, 4.69) is 50.5 Å². The summed E-state index contributed by atoms with van der Waals surface area (Å²) in [4.78, 5) is 99.8. The first kappa shape index (κ1) is 72.2. The number of unbranched alkanes of at least 4 members (excludes halogenated alkanes) is 18. The van der Waals surface area contributed by atoms with Gasteiger partial charge in [0.05, 0.1) is 18.9 Å². The van der Waals surface area contributed by atoms with Gasteiger partial charge in [-0.3, -0.25) is 38.7 Å². The summed E-state index contributed by atoms with van der Waals surface area (Å²) in [5.41, 5.74) is 30.9. The van der Waals surface area contributed by atoms with E-state index in [-0.39, 0.29) is 71.3 Å². The van der Waals surface area contributed by atoms with Crippen LogP contribution in [0.1, 0.15) is 179 Å². The number of guanidine groups is 4. The van der Waals surface area contributed by atoms with Gasteiger partial charge in [0.15, 0.2) is 5.96 Å². The van der Waals surface area contributed by atoms with E-state index in [1.165, 1.54) is 63.5 Å². The van der Waals surface area contributed by atoms with Crippen molar-refractivity contribution in [3.05, 3.63) is 135 Å². The molecule has 2 aromatic heterocycles. The molecular formula is C64H93N15O8. The molecule has 23 nitrogen and oxygen atoms in total. The lowest BCUT2D eigenvalue weighted by Gasteiger charge is -2.06. The lowest BCUT2D eigenvalue weighted by atomic mass is 10.0. The first-order valence-corrected chi connectivity index (χ1v) is 30.5. The third-order valence-electron chi connectivity index (χ3n) is 12.9. The Balaban J connectivity index is 0.000000407. The number of anilines is 2. The zero-order chi connectivity index (χ0) is 63.1. The summed E-state index contributed by atoms with van der Waals surface area (Å²) in [5, 5.41) is 5.97. The van der Waals surface area contributed by atoms with Gasteiger partial charge in [-0.2, -0.15) is 15.0 Å². The van der Waals surface area contributed by atoms with Crippen molar-refractivity contribution in [2.24, 2.45) is 48.6 Å². The zero-order valence-corrected chi connectivity index (χ0v) is 50.9. The molecule has 87 heavy (non-hydrogen) atoms. The van der Waals surface area contributed by atoms with E-state index in [1.54, 1.807) is 26.0 Å². The summed E-state index contributed by atoms with van der Waals surface area (Å²) in [5.74, 6) is -0.223. The summed E-state index contributed by atoms with van der Waals surface area (Å²) >= 11 is 0. The van der Waals surface area contributed by atoms with Crippen LogP contribution in [-0.2, 0) is 41.5 Å². The number of esters is 2. The summed E-state index contributed by atoms with van der Waals surface area (Å²) in [6, 6.07) is 31.1. The summed E-state index contributed by atoms with van der Waals surface area (Å²) < 4.78 is 9.52. The molecular weight excluding hydrogens is 1110 g/mol. The van der Waals surface area contributed by atoms with Gasteiger partial charge < -0.3 is 48.8 Å². The van der Waals surface area contributed by atoms with E-state index in [0.29, 0.717) is 31.7 Å². The molecule has 0 spiro atoms. The third-order valence-corrected chi connectivity index (χ3v) is 12.9. The van der Waals surface area contributed by atoms with Crippen molar-refractivity contribution in [2.75, 3.05) is 23.8 Å². The van der Waals surface area contributed by atoms with Crippen molar-refractivity contribution >= 4 is 76.3 Å². The first-order valence-electron chi connectivity index (χ1n) is 30.5. The number of ketones is 2. The number of nitrogens with zero attached hydrogens (tertiary/aromatic N) is 6. The summed E-state index contributed by atoms with van der Waals surface area (Å²) in [6.45, 7) is 4.11. The molecule has 5 aromatic rings. The van der Waals surface area contributed by atoms with Crippen molar-refractivity contribution in [2.45, 2.75) is 181 Å². The molecule has 5 rings (SSSR count). The highest BCUT2D eigenvalue weighted by molar-refractivity contribution is 5.96.